The molecule has 0 bridgehead atoms. The van der Waals surface area contributed by atoms with E-state index in [9.17, 15) is 0 Å². The van der Waals surface area contributed by atoms with E-state index in [4.69, 9.17) is 10.8 Å². The predicted octanol–water partition coefficient (Wildman–Crippen LogP) is -0.154. The lowest BCUT2D eigenvalue weighted by Gasteiger charge is -1.98. The molecule has 0 unspecified atom stereocenters. The number of nitrogens with zero attached hydrogens (tertiary/aromatic N) is 3. The van der Waals surface area contributed by atoms with E-state index in [0.29, 0.717) is 12.1 Å². The number of anilines is 1. The normalized spacial score (nSPS) is 10.8. The zero-order valence-electron chi connectivity index (χ0n) is 7.01. The van der Waals surface area contributed by atoms with Crippen LogP contribution in [0.4, 0.5) is 5.69 Å². The second kappa shape index (κ2) is 3.02. The fraction of sp³-hybridized carbons (Fsp3) is 0.250. The van der Waals surface area contributed by atoms with Gasteiger partial charge in [0.25, 0.3) is 0 Å². The Balaban J connectivity index is 2.58. The van der Waals surface area contributed by atoms with Gasteiger partial charge in [-0.1, -0.05) is 0 Å². The van der Waals surface area contributed by atoms with Crippen LogP contribution in [0.15, 0.2) is 18.3 Å². The molecule has 0 saturated carbocycles. The van der Waals surface area contributed by atoms with Crippen molar-refractivity contribution in [1.82, 2.24) is 14.6 Å². The van der Waals surface area contributed by atoms with E-state index in [2.05, 4.69) is 10.2 Å². The average molecular weight is 178 g/mol. The van der Waals surface area contributed by atoms with Gasteiger partial charge in [0.1, 0.15) is 5.82 Å². The summed E-state index contributed by atoms with van der Waals surface area (Å²) in [7, 11) is 0. The van der Waals surface area contributed by atoms with Crippen LogP contribution in [-0.2, 0) is 6.42 Å². The Labute approximate surface area is 74.8 Å². The molecule has 0 aliphatic heterocycles. The summed E-state index contributed by atoms with van der Waals surface area (Å²) in [6, 6.07) is 3.57. The van der Waals surface area contributed by atoms with Gasteiger partial charge in [0, 0.05) is 18.3 Å². The minimum absolute atomic E-state index is 0.0651. The third-order valence-corrected chi connectivity index (χ3v) is 1.83. The Morgan fingerprint density at radius 3 is 3.00 bits per heavy atom. The van der Waals surface area contributed by atoms with Crippen LogP contribution in [0.3, 0.4) is 0 Å². The number of pyridine rings is 1. The number of nitrogens with two attached hydrogens (primary N) is 1. The molecule has 2 heterocycles. The minimum Gasteiger partial charge on any atom is -0.398 e. The maximum Gasteiger partial charge on any atom is 0.160 e. The molecule has 0 atom stereocenters. The highest BCUT2D eigenvalue weighted by Gasteiger charge is 2.03. The topological polar surface area (TPSA) is 76.4 Å². The Hall–Kier alpha value is -1.62. The van der Waals surface area contributed by atoms with E-state index in [0.717, 1.165) is 11.5 Å². The molecule has 0 spiro atoms. The zero-order valence-corrected chi connectivity index (χ0v) is 7.01. The standard InChI is InChI=1S/C8H10N4O/c9-6-1-2-7-10-11-8(3-4-13)12(7)5-6/h1-2,5,13H,3-4,9H2. The third kappa shape index (κ3) is 1.33. The zero-order chi connectivity index (χ0) is 9.26. The molecule has 13 heavy (non-hydrogen) atoms. The van der Waals surface area contributed by atoms with Gasteiger partial charge < -0.3 is 10.8 Å². The van der Waals surface area contributed by atoms with Crippen molar-refractivity contribution in [3.05, 3.63) is 24.2 Å². The van der Waals surface area contributed by atoms with Crippen molar-refractivity contribution in [2.24, 2.45) is 0 Å². The van der Waals surface area contributed by atoms with Crippen molar-refractivity contribution in [2.75, 3.05) is 12.3 Å². The number of aliphatic hydroxyl groups is 1. The molecule has 5 heteroatoms. The smallest absolute Gasteiger partial charge is 0.160 e. The SMILES string of the molecule is Nc1ccc2nnc(CCO)n2c1. The molecule has 3 N–H and O–H groups in total. The highest BCUT2D eigenvalue weighted by molar-refractivity contribution is 5.47. The number of hydrogen-bond donors (Lipinski definition) is 2. The molecular weight excluding hydrogens is 168 g/mol. The Bertz CT molecular complexity index is 423. The molecule has 0 aliphatic rings. The van der Waals surface area contributed by atoms with Crippen LogP contribution in [0.2, 0.25) is 0 Å². The monoisotopic (exact) mass is 178 g/mol. The van der Waals surface area contributed by atoms with Crippen molar-refractivity contribution in [1.29, 1.82) is 0 Å². The Kier molecular flexibility index (Phi) is 1.86. The van der Waals surface area contributed by atoms with Gasteiger partial charge in [0.15, 0.2) is 5.65 Å². The van der Waals surface area contributed by atoms with Crippen LogP contribution in [-0.4, -0.2) is 26.3 Å². The van der Waals surface area contributed by atoms with Crippen LogP contribution in [0.1, 0.15) is 5.82 Å². The number of aromatic nitrogens is 3. The van der Waals surface area contributed by atoms with Crippen LogP contribution < -0.4 is 5.73 Å². The van der Waals surface area contributed by atoms with E-state index in [-0.39, 0.29) is 6.61 Å². The molecule has 0 amide bonds. The molecule has 0 fully saturated rings. The van der Waals surface area contributed by atoms with Crippen molar-refractivity contribution >= 4 is 11.3 Å². The van der Waals surface area contributed by atoms with Gasteiger partial charge in [-0.2, -0.15) is 0 Å². The summed E-state index contributed by atoms with van der Waals surface area (Å²) in [6.07, 6.45) is 2.24. The van der Waals surface area contributed by atoms with Gasteiger partial charge in [-0.15, -0.1) is 10.2 Å². The van der Waals surface area contributed by atoms with Gasteiger partial charge >= 0.3 is 0 Å². The molecule has 0 radical (unpaired) electrons. The minimum atomic E-state index is 0.0651. The van der Waals surface area contributed by atoms with Crippen molar-refractivity contribution in [2.45, 2.75) is 6.42 Å². The highest BCUT2D eigenvalue weighted by Crippen LogP contribution is 2.07. The van der Waals surface area contributed by atoms with E-state index in [1.54, 1.807) is 22.7 Å². The number of nitrogen functional groups attached to an aromatic ring is 1. The molecular formula is C8H10N4O. The Morgan fingerprint density at radius 2 is 2.23 bits per heavy atom. The first kappa shape index (κ1) is 8.00. The number of rotatable bonds is 2. The second-order valence-electron chi connectivity index (χ2n) is 2.78. The first-order chi connectivity index (χ1) is 6.31. The largest absolute Gasteiger partial charge is 0.398 e. The molecule has 0 aliphatic carbocycles. The molecule has 0 saturated heterocycles. The van der Waals surface area contributed by atoms with Crippen molar-refractivity contribution < 1.29 is 5.11 Å². The summed E-state index contributed by atoms with van der Waals surface area (Å²) in [5.74, 6) is 0.727. The summed E-state index contributed by atoms with van der Waals surface area (Å²) in [5.41, 5.74) is 7.02. The van der Waals surface area contributed by atoms with E-state index in [1.807, 2.05) is 0 Å². The Morgan fingerprint density at radius 1 is 1.38 bits per heavy atom. The van der Waals surface area contributed by atoms with Gasteiger partial charge in [0.2, 0.25) is 0 Å². The fourth-order valence-electron chi connectivity index (χ4n) is 1.23. The van der Waals surface area contributed by atoms with Gasteiger partial charge in [-0.3, -0.25) is 4.40 Å². The third-order valence-electron chi connectivity index (χ3n) is 1.83. The van der Waals surface area contributed by atoms with Crippen molar-refractivity contribution in [3.63, 3.8) is 0 Å². The van der Waals surface area contributed by atoms with Crippen LogP contribution in [0.25, 0.3) is 5.65 Å². The first-order valence-electron chi connectivity index (χ1n) is 4.01. The molecule has 2 rings (SSSR count). The van der Waals surface area contributed by atoms with Crippen molar-refractivity contribution in [3.8, 4) is 0 Å². The van der Waals surface area contributed by atoms with Gasteiger partial charge in [-0.05, 0) is 12.1 Å². The number of aliphatic hydroxyl groups excluding tert-OH is 1. The van der Waals surface area contributed by atoms with Gasteiger partial charge in [0.05, 0.1) is 6.61 Å². The van der Waals surface area contributed by atoms with E-state index >= 15 is 0 Å². The predicted molar refractivity (Wildman–Crippen MR) is 48.2 cm³/mol. The summed E-state index contributed by atoms with van der Waals surface area (Å²) in [4.78, 5) is 0. The summed E-state index contributed by atoms with van der Waals surface area (Å²) in [5, 5.41) is 16.6. The lowest BCUT2D eigenvalue weighted by atomic mass is 10.4. The first-order valence-corrected chi connectivity index (χ1v) is 4.01. The van der Waals surface area contributed by atoms with E-state index in [1.165, 1.54) is 0 Å². The molecule has 0 aromatic carbocycles. The van der Waals surface area contributed by atoms with Crippen LogP contribution >= 0.6 is 0 Å². The maximum absolute atomic E-state index is 8.75. The number of fused-ring (bicyclic) bond motifs is 1. The van der Waals surface area contributed by atoms with Crippen LogP contribution in [0, 0.1) is 0 Å². The molecule has 68 valence electrons. The van der Waals surface area contributed by atoms with Crippen LogP contribution in [0.5, 0.6) is 0 Å². The lowest BCUT2D eigenvalue weighted by molar-refractivity contribution is 0.296. The molecule has 2 aromatic rings. The fourth-order valence-corrected chi connectivity index (χ4v) is 1.23. The summed E-state index contributed by atoms with van der Waals surface area (Å²) < 4.78 is 1.78. The molecule has 5 nitrogen and oxygen atoms in total. The average Bonchev–Trinajstić information content (AvgIpc) is 2.49. The highest BCUT2D eigenvalue weighted by atomic mass is 16.3. The maximum atomic E-state index is 8.75. The molecule has 2 aromatic heterocycles. The summed E-state index contributed by atoms with van der Waals surface area (Å²) >= 11 is 0. The quantitative estimate of drug-likeness (QED) is 0.670. The van der Waals surface area contributed by atoms with Gasteiger partial charge in [-0.25, -0.2) is 0 Å². The van der Waals surface area contributed by atoms with E-state index < -0.39 is 0 Å². The second-order valence-corrected chi connectivity index (χ2v) is 2.78. The number of hydrogen-bond acceptors (Lipinski definition) is 4. The lowest BCUT2D eigenvalue weighted by Crippen LogP contribution is -1.99. The summed E-state index contributed by atoms with van der Waals surface area (Å²) in [6.45, 7) is 0.0651.